The molecule has 0 heterocycles. The minimum atomic E-state index is -1.92. The number of hydrogen-bond acceptors (Lipinski definition) is 4. The SMILES string of the molecule is CCCC(C(=O)Nc1c(C)cc(C#N)cc1C)[P+](C)(C)CC(=O)OCc1ccccc1. The van der Waals surface area contributed by atoms with Gasteiger partial charge in [0.2, 0.25) is 0 Å². The van der Waals surface area contributed by atoms with Gasteiger partial charge in [-0.2, -0.15) is 5.26 Å². The molecular formula is C25H32N2O3P+. The Morgan fingerprint density at radius 3 is 2.29 bits per heavy atom. The number of carbonyl (C=O) groups excluding carboxylic acids is 2. The molecular weight excluding hydrogens is 407 g/mol. The van der Waals surface area contributed by atoms with Gasteiger partial charge in [-0.1, -0.05) is 43.7 Å². The van der Waals surface area contributed by atoms with Gasteiger partial charge in [0.05, 0.1) is 11.6 Å². The Morgan fingerprint density at radius 2 is 1.74 bits per heavy atom. The van der Waals surface area contributed by atoms with Gasteiger partial charge in [0.1, 0.15) is 12.3 Å². The Balaban J connectivity index is 2.10. The van der Waals surface area contributed by atoms with Crippen LogP contribution >= 0.6 is 7.26 Å². The summed E-state index contributed by atoms with van der Waals surface area (Å²) >= 11 is 0. The van der Waals surface area contributed by atoms with Crippen LogP contribution in [-0.4, -0.2) is 37.0 Å². The number of carbonyl (C=O) groups is 2. The number of esters is 1. The molecule has 164 valence electrons. The minimum Gasteiger partial charge on any atom is -0.458 e. The molecule has 0 bridgehead atoms. The highest BCUT2D eigenvalue weighted by molar-refractivity contribution is 7.76. The van der Waals surface area contributed by atoms with Crippen LogP contribution in [0.3, 0.4) is 0 Å². The second-order valence-electron chi connectivity index (χ2n) is 8.47. The zero-order valence-electron chi connectivity index (χ0n) is 19.1. The molecule has 6 heteroatoms. The molecule has 0 saturated carbocycles. The average molecular weight is 440 g/mol. The van der Waals surface area contributed by atoms with E-state index in [1.807, 2.05) is 51.1 Å². The number of hydrogen-bond donors (Lipinski definition) is 1. The van der Waals surface area contributed by atoms with E-state index < -0.39 is 7.26 Å². The summed E-state index contributed by atoms with van der Waals surface area (Å²) in [5.74, 6) is -0.325. The van der Waals surface area contributed by atoms with E-state index in [9.17, 15) is 9.59 Å². The fourth-order valence-corrected chi connectivity index (χ4v) is 6.36. The first-order chi connectivity index (χ1) is 14.7. The zero-order valence-corrected chi connectivity index (χ0v) is 20.0. The second-order valence-corrected chi connectivity index (χ2v) is 13.0. The van der Waals surface area contributed by atoms with Gasteiger partial charge < -0.3 is 10.1 Å². The normalized spacial score (nSPS) is 12.0. The highest BCUT2D eigenvalue weighted by atomic mass is 31.2. The van der Waals surface area contributed by atoms with Gasteiger partial charge in [-0.3, -0.25) is 4.79 Å². The summed E-state index contributed by atoms with van der Waals surface area (Å²) in [6.07, 6.45) is 1.84. The number of anilines is 1. The Bertz CT molecular complexity index is 941. The van der Waals surface area contributed by atoms with Gasteiger partial charge >= 0.3 is 5.97 Å². The van der Waals surface area contributed by atoms with Crippen molar-refractivity contribution in [3.05, 3.63) is 64.7 Å². The van der Waals surface area contributed by atoms with Crippen molar-refractivity contribution in [2.24, 2.45) is 0 Å². The van der Waals surface area contributed by atoms with Crippen LogP contribution in [0, 0.1) is 25.2 Å². The van der Waals surface area contributed by atoms with Crippen LogP contribution in [0.25, 0.3) is 0 Å². The van der Waals surface area contributed by atoms with Gasteiger partial charge in [0, 0.05) is 26.3 Å². The number of ether oxygens (including phenoxy) is 1. The van der Waals surface area contributed by atoms with Crippen molar-refractivity contribution in [2.75, 3.05) is 24.8 Å². The van der Waals surface area contributed by atoms with E-state index in [0.29, 0.717) is 12.0 Å². The van der Waals surface area contributed by atoms with E-state index in [-0.39, 0.29) is 30.3 Å². The van der Waals surface area contributed by atoms with E-state index in [1.54, 1.807) is 12.1 Å². The van der Waals surface area contributed by atoms with Crippen LogP contribution in [0.15, 0.2) is 42.5 Å². The predicted molar refractivity (Wildman–Crippen MR) is 128 cm³/mol. The van der Waals surface area contributed by atoms with Gasteiger partial charge in [0.15, 0.2) is 6.16 Å². The van der Waals surface area contributed by atoms with Gasteiger partial charge in [-0.05, 0) is 49.1 Å². The standard InChI is InChI=1S/C25H31N2O3P/c1-6-10-22(25(29)27-24-18(2)13-21(15-26)14-19(24)3)31(4,5)17-23(28)30-16-20-11-8-7-9-12-20/h7-9,11-14,22H,6,10,16-17H2,1-5H3/p+1. The maximum atomic E-state index is 13.3. The number of benzene rings is 2. The Hall–Kier alpha value is -2.70. The van der Waals surface area contributed by atoms with Crippen molar-refractivity contribution < 1.29 is 14.3 Å². The Morgan fingerprint density at radius 1 is 1.13 bits per heavy atom. The number of nitriles is 1. The molecule has 0 fully saturated rings. The van der Waals surface area contributed by atoms with Crippen molar-refractivity contribution in [1.82, 2.24) is 0 Å². The van der Waals surface area contributed by atoms with Crippen molar-refractivity contribution in [3.63, 3.8) is 0 Å². The topological polar surface area (TPSA) is 79.2 Å². The minimum absolute atomic E-state index is 0.0630. The molecule has 5 nitrogen and oxygen atoms in total. The zero-order chi connectivity index (χ0) is 23.0. The molecule has 1 atom stereocenters. The van der Waals surface area contributed by atoms with E-state index in [2.05, 4.69) is 24.7 Å². The third kappa shape index (κ3) is 6.91. The van der Waals surface area contributed by atoms with Crippen LogP contribution in [0.2, 0.25) is 0 Å². The van der Waals surface area contributed by atoms with Gasteiger partial charge in [-0.15, -0.1) is 0 Å². The van der Waals surface area contributed by atoms with Crippen LogP contribution in [-0.2, 0) is 20.9 Å². The number of aryl methyl sites for hydroxylation is 2. The summed E-state index contributed by atoms with van der Waals surface area (Å²) in [6.45, 7) is 10.2. The fourth-order valence-electron chi connectivity index (χ4n) is 3.73. The first kappa shape index (κ1) is 24.6. The summed E-state index contributed by atoms with van der Waals surface area (Å²) in [5, 5.41) is 12.2. The summed E-state index contributed by atoms with van der Waals surface area (Å²) in [5.41, 5.74) is 3.75. The molecule has 0 aromatic heterocycles. The molecule has 1 N–H and O–H groups in total. The van der Waals surface area contributed by atoms with Crippen LogP contribution < -0.4 is 5.32 Å². The van der Waals surface area contributed by atoms with Crippen molar-refractivity contribution >= 4 is 24.8 Å². The first-order valence-electron chi connectivity index (χ1n) is 10.5. The van der Waals surface area contributed by atoms with Crippen molar-refractivity contribution in [1.29, 1.82) is 5.26 Å². The van der Waals surface area contributed by atoms with E-state index in [4.69, 9.17) is 10.00 Å². The molecule has 0 aliphatic rings. The summed E-state index contributed by atoms with van der Waals surface area (Å²) in [7, 11) is -1.92. The summed E-state index contributed by atoms with van der Waals surface area (Å²) in [4.78, 5) is 25.8. The van der Waals surface area contributed by atoms with Crippen molar-refractivity contribution in [3.8, 4) is 6.07 Å². The number of rotatable bonds is 9. The Labute approximate surface area is 186 Å². The predicted octanol–water partition coefficient (Wildman–Crippen LogP) is 5.30. The molecule has 1 amide bonds. The lowest BCUT2D eigenvalue weighted by molar-refractivity contribution is -0.141. The molecule has 2 rings (SSSR count). The number of nitrogens with zero attached hydrogens (tertiary/aromatic N) is 1. The lowest BCUT2D eigenvalue weighted by Crippen LogP contribution is -2.33. The number of amides is 1. The van der Waals surface area contributed by atoms with Crippen LogP contribution in [0.1, 0.15) is 42.0 Å². The maximum absolute atomic E-state index is 13.3. The molecule has 0 spiro atoms. The quantitative estimate of drug-likeness (QED) is 0.425. The van der Waals surface area contributed by atoms with E-state index >= 15 is 0 Å². The molecule has 0 aliphatic heterocycles. The number of nitrogens with one attached hydrogen (secondary N) is 1. The molecule has 31 heavy (non-hydrogen) atoms. The Kier molecular flexibility index (Phi) is 8.77. The van der Waals surface area contributed by atoms with E-state index in [1.165, 1.54) is 0 Å². The highest BCUT2D eigenvalue weighted by Crippen LogP contribution is 2.57. The van der Waals surface area contributed by atoms with Crippen LogP contribution in [0.4, 0.5) is 5.69 Å². The first-order valence-corrected chi connectivity index (χ1v) is 13.5. The third-order valence-corrected chi connectivity index (χ3v) is 8.65. The molecule has 0 aliphatic carbocycles. The van der Waals surface area contributed by atoms with Crippen LogP contribution in [0.5, 0.6) is 0 Å². The molecule has 2 aromatic carbocycles. The molecule has 0 radical (unpaired) electrons. The molecule has 0 saturated heterocycles. The average Bonchev–Trinajstić information content (AvgIpc) is 2.73. The maximum Gasteiger partial charge on any atom is 0.344 e. The van der Waals surface area contributed by atoms with Gasteiger partial charge in [0.25, 0.3) is 5.91 Å². The fraction of sp³-hybridized carbons (Fsp3) is 0.400. The second kappa shape index (κ2) is 11.1. The monoisotopic (exact) mass is 439 g/mol. The smallest absolute Gasteiger partial charge is 0.344 e. The lowest BCUT2D eigenvalue weighted by atomic mass is 10.0. The third-order valence-electron chi connectivity index (χ3n) is 5.40. The molecule has 1 unspecified atom stereocenters. The molecule has 2 aromatic rings. The van der Waals surface area contributed by atoms with E-state index in [0.717, 1.165) is 28.8 Å². The summed E-state index contributed by atoms with van der Waals surface area (Å²) in [6, 6.07) is 15.3. The van der Waals surface area contributed by atoms with Gasteiger partial charge in [-0.25, -0.2) is 4.79 Å². The van der Waals surface area contributed by atoms with Crippen molar-refractivity contribution in [2.45, 2.75) is 45.9 Å². The lowest BCUT2D eigenvalue weighted by Gasteiger charge is -2.27. The summed E-state index contributed by atoms with van der Waals surface area (Å²) < 4.78 is 5.48. The largest absolute Gasteiger partial charge is 0.458 e. The highest BCUT2D eigenvalue weighted by Gasteiger charge is 2.43.